The summed E-state index contributed by atoms with van der Waals surface area (Å²) in [6.45, 7) is 0. The van der Waals surface area contributed by atoms with Gasteiger partial charge in [0.05, 0.1) is 21.8 Å². The summed E-state index contributed by atoms with van der Waals surface area (Å²) in [5.41, 5.74) is 2.14. The Bertz CT molecular complexity index is 1220. The SMILES string of the molecule is CN(c1ccccc1)S(=O)(=O)c1ccc(-c2ncnc3ccc(Br)cc23)s1. The largest absolute Gasteiger partial charge is 0.273 e. The van der Waals surface area contributed by atoms with E-state index in [1.54, 1.807) is 31.3 Å². The molecule has 2 aromatic carbocycles. The van der Waals surface area contributed by atoms with Crippen LogP contribution in [0.4, 0.5) is 5.69 Å². The first kappa shape index (κ1) is 18.1. The Labute approximate surface area is 169 Å². The fourth-order valence-electron chi connectivity index (χ4n) is 2.72. The van der Waals surface area contributed by atoms with Crippen LogP contribution in [0.2, 0.25) is 0 Å². The highest BCUT2D eigenvalue weighted by molar-refractivity contribution is 9.10. The summed E-state index contributed by atoms with van der Waals surface area (Å²) in [6, 6.07) is 18.2. The third-order valence-corrected chi connectivity index (χ3v) is 7.98. The highest BCUT2D eigenvalue weighted by Crippen LogP contribution is 2.35. The fraction of sp³-hybridized carbons (Fsp3) is 0.0526. The van der Waals surface area contributed by atoms with Crippen LogP contribution in [0.3, 0.4) is 0 Å². The number of sulfonamides is 1. The van der Waals surface area contributed by atoms with Gasteiger partial charge in [-0.3, -0.25) is 4.31 Å². The van der Waals surface area contributed by atoms with Gasteiger partial charge in [0.25, 0.3) is 10.0 Å². The van der Waals surface area contributed by atoms with E-state index in [1.807, 2.05) is 36.4 Å². The number of benzene rings is 2. The summed E-state index contributed by atoms with van der Waals surface area (Å²) in [5.74, 6) is 0. The van der Waals surface area contributed by atoms with E-state index in [0.29, 0.717) is 5.69 Å². The summed E-state index contributed by atoms with van der Waals surface area (Å²) in [5, 5.41) is 0.870. The zero-order chi connectivity index (χ0) is 19.0. The molecule has 0 amide bonds. The number of hydrogen-bond donors (Lipinski definition) is 0. The number of fused-ring (bicyclic) bond motifs is 1. The molecule has 0 bridgehead atoms. The van der Waals surface area contributed by atoms with Crippen LogP contribution < -0.4 is 4.31 Å². The minimum absolute atomic E-state index is 0.269. The molecule has 136 valence electrons. The molecule has 0 aliphatic rings. The number of anilines is 1. The second-order valence-electron chi connectivity index (χ2n) is 5.81. The molecule has 4 aromatic rings. The van der Waals surface area contributed by atoms with E-state index < -0.39 is 10.0 Å². The molecule has 0 aliphatic carbocycles. The Hall–Kier alpha value is -2.29. The van der Waals surface area contributed by atoms with Crippen molar-refractivity contribution in [3.63, 3.8) is 0 Å². The van der Waals surface area contributed by atoms with Gasteiger partial charge in [0, 0.05) is 16.9 Å². The number of para-hydroxylation sites is 1. The standard InChI is InChI=1S/C19H14BrN3O2S2/c1-23(14-5-3-2-4-6-14)27(24,25)18-10-9-17(26-18)19-15-11-13(20)7-8-16(15)21-12-22-19/h2-12H,1H3. The molecule has 2 aromatic heterocycles. The Balaban J connectivity index is 1.77. The van der Waals surface area contributed by atoms with E-state index in [2.05, 4.69) is 25.9 Å². The average Bonchev–Trinajstić information content (AvgIpc) is 3.18. The van der Waals surface area contributed by atoms with E-state index in [4.69, 9.17) is 0 Å². The molecule has 0 atom stereocenters. The van der Waals surface area contributed by atoms with Gasteiger partial charge < -0.3 is 0 Å². The van der Waals surface area contributed by atoms with Crippen LogP contribution in [0, 0.1) is 0 Å². The normalized spacial score (nSPS) is 11.6. The molecule has 27 heavy (non-hydrogen) atoms. The zero-order valence-electron chi connectivity index (χ0n) is 14.2. The second kappa shape index (κ2) is 7.03. The molecule has 8 heteroatoms. The maximum atomic E-state index is 13.0. The van der Waals surface area contributed by atoms with Crippen LogP contribution >= 0.6 is 27.3 Å². The molecule has 0 radical (unpaired) electrons. The number of halogens is 1. The third kappa shape index (κ3) is 3.36. The van der Waals surface area contributed by atoms with Gasteiger partial charge in [0.2, 0.25) is 0 Å². The summed E-state index contributed by atoms with van der Waals surface area (Å²) < 4.78 is 28.5. The van der Waals surface area contributed by atoms with Crippen LogP contribution in [0.25, 0.3) is 21.5 Å². The summed E-state index contributed by atoms with van der Waals surface area (Å²) >= 11 is 4.67. The van der Waals surface area contributed by atoms with Crippen LogP contribution in [0.1, 0.15) is 0 Å². The Morgan fingerprint density at radius 2 is 1.78 bits per heavy atom. The summed E-state index contributed by atoms with van der Waals surface area (Å²) in [7, 11) is -2.08. The first-order valence-electron chi connectivity index (χ1n) is 8.01. The predicted molar refractivity (Wildman–Crippen MR) is 113 cm³/mol. The van der Waals surface area contributed by atoms with Gasteiger partial charge in [-0.05, 0) is 42.5 Å². The smallest absolute Gasteiger partial charge is 0.269 e. The van der Waals surface area contributed by atoms with Crippen LogP contribution in [0.15, 0.2) is 75.7 Å². The molecule has 2 heterocycles. The second-order valence-corrected chi connectivity index (χ2v) is 10.0. The van der Waals surface area contributed by atoms with Crippen molar-refractivity contribution in [1.29, 1.82) is 0 Å². The summed E-state index contributed by atoms with van der Waals surface area (Å²) in [6.07, 6.45) is 1.50. The molecule has 0 aliphatic heterocycles. The lowest BCUT2D eigenvalue weighted by molar-refractivity contribution is 0.596. The monoisotopic (exact) mass is 459 g/mol. The van der Waals surface area contributed by atoms with Crippen molar-refractivity contribution in [2.24, 2.45) is 0 Å². The van der Waals surface area contributed by atoms with E-state index in [0.717, 1.165) is 25.9 Å². The minimum atomic E-state index is -3.64. The quantitative estimate of drug-likeness (QED) is 0.433. The molecule has 0 saturated carbocycles. The average molecular weight is 460 g/mol. The maximum absolute atomic E-state index is 13.0. The molecular weight excluding hydrogens is 446 g/mol. The third-order valence-electron chi connectivity index (χ3n) is 4.15. The van der Waals surface area contributed by atoms with Crippen molar-refractivity contribution >= 4 is 53.9 Å². The lowest BCUT2D eigenvalue weighted by atomic mass is 10.1. The van der Waals surface area contributed by atoms with E-state index >= 15 is 0 Å². The van der Waals surface area contributed by atoms with Crippen LogP contribution in [0.5, 0.6) is 0 Å². The molecule has 0 saturated heterocycles. The number of nitrogens with zero attached hydrogens (tertiary/aromatic N) is 3. The Morgan fingerprint density at radius 3 is 2.56 bits per heavy atom. The van der Waals surface area contributed by atoms with Crippen molar-refractivity contribution in [3.05, 3.63) is 71.5 Å². The maximum Gasteiger partial charge on any atom is 0.273 e. The minimum Gasteiger partial charge on any atom is -0.269 e. The van der Waals surface area contributed by atoms with Crippen molar-refractivity contribution in [2.75, 3.05) is 11.4 Å². The zero-order valence-corrected chi connectivity index (χ0v) is 17.4. The molecule has 0 unspecified atom stereocenters. The Kier molecular flexibility index (Phi) is 4.71. The lowest BCUT2D eigenvalue weighted by Crippen LogP contribution is -2.25. The van der Waals surface area contributed by atoms with Gasteiger partial charge >= 0.3 is 0 Å². The van der Waals surface area contributed by atoms with E-state index in [-0.39, 0.29) is 4.21 Å². The predicted octanol–water partition coefficient (Wildman–Crippen LogP) is 4.95. The van der Waals surface area contributed by atoms with Crippen molar-refractivity contribution in [2.45, 2.75) is 4.21 Å². The molecular formula is C19H14BrN3O2S2. The van der Waals surface area contributed by atoms with Gasteiger partial charge in [-0.2, -0.15) is 0 Å². The van der Waals surface area contributed by atoms with Gasteiger partial charge in [-0.1, -0.05) is 34.1 Å². The highest BCUT2D eigenvalue weighted by atomic mass is 79.9. The van der Waals surface area contributed by atoms with Gasteiger partial charge in [0.15, 0.2) is 0 Å². The lowest BCUT2D eigenvalue weighted by Gasteiger charge is -2.18. The van der Waals surface area contributed by atoms with Gasteiger partial charge in [0.1, 0.15) is 10.5 Å². The van der Waals surface area contributed by atoms with Gasteiger partial charge in [-0.15, -0.1) is 11.3 Å². The molecule has 5 nitrogen and oxygen atoms in total. The first-order chi connectivity index (χ1) is 13.0. The number of hydrogen-bond acceptors (Lipinski definition) is 5. The number of rotatable bonds is 4. The molecule has 0 spiro atoms. The topological polar surface area (TPSA) is 63.2 Å². The number of thiophene rings is 1. The van der Waals surface area contributed by atoms with Gasteiger partial charge in [-0.25, -0.2) is 18.4 Å². The molecule has 0 fully saturated rings. The Morgan fingerprint density at radius 1 is 1.00 bits per heavy atom. The van der Waals surface area contributed by atoms with Crippen molar-refractivity contribution < 1.29 is 8.42 Å². The van der Waals surface area contributed by atoms with Crippen molar-refractivity contribution in [3.8, 4) is 10.6 Å². The first-order valence-corrected chi connectivity index (χ1v) is 11.1. The fourth-order valence-corrected chi connectivity index (χ4v) is 5.77. The van der Waals surface area contributed by atoms with Crippen LogP contribution in [-0.2, 0) is 10.0 Å². The van der Waals surface area contributed by atoms with Crippen molar-refractivity contribution in [1.82, 2.24) is 9.97 Å². The number of aromatic nitrogens is 2. The molecule has 0 N–H and O–H groups in total. The van der Waals surface area contributed by atoms with E-state index in [9.17, 15) is 8.42 Å². The van der Waals surface area contributed by atoms with Crippen LogP contribution in [-0.4, -0.2) is 25.4 Å². The summed E-state index contributed by atoms with van der Waals surface area (Å²) in [4.78, 5) is 9.44. The highest BCUT2D eigenvalue weighted by Gasteiger charge is 2.24. The van der Waals surface area contributed by atoms with E-state index in [1.165, 1.54) is 22.0 Å². The molecule has 4 rings (SSSR count).